The number of nitrogens with zero attached hydrogens (tertiary/aromatic N) is 2. The minimum absolute atomic E-state index is 0.0207. The van der Waals surface area contributed by atoms with Crippen LogP contribution in [0.1, 0.15) is 5.56 Å². The lowest BCUT2D eigenvalue weighted by Gasteiger charge is -2.43. The maximum Gasteiger partial charge on any atom is 0.252 e. The number of hydroxylamine groups is 1. The van der Waals surface area contributed by atoms with Crippen LogP contribution in [-0.4, -0.2) is 47.5 Å². The second-order valence-corrected chi connectivity index (χ2v) is 5.86. The van der Waals surface area contributed by atoms with Crippen LogP contribution in [0.2, 0.25) is 0 Å². The van der Waals surface area contributed by atoms with Crippen molar-refractivity contribution in [2.24, 2.45) is 0 Å². The largest absolute Gasteiger partial charge is 0.333 e. The van der Waals surface area contributed by atoms with Crippen LogP contribution in [0.25, 0.3) is 10.8 Å². The molecule has 0 spiro atoms. The number of carbonyl (C=O) groups is 2. The normalized spacial score (nSPS) is 21.7. The summed E-state index contributed by atoms with van der Waals surface area (Å²) in [7, 11) is 0. The first-order chi connectivity index (χ1) is 11.2. The van der Waals surface area contributed by atoms with Gasteiger partial charge >= 0.3 is 0 Å². The molecule has 0 radical (unpaired) electrons. The molecule has 1 atom stereocenters. The Balaban J connectivity index is 1.59. The van der Waals surface area contributed by atoms with Crippen LogP contribution >= 0.6 is 0 Å². The summed E-state index contributed by atoms with van der Waals surface area (Å²) in [5, 5.41) is 2.31. The molecule has 0 aromatic heterocycles. The number of amides is 2. The van der Waals surface area contributed by atoms with Gasteiger partial charge in [-0.1, -0.05) is 42.5 Å². The Kier molecular flexibility index (Phi) is 3.48. The van der Waals surface area contributed by atoms with E-state index in [0.29, 0.717) is 13.1 Å². The van der Waals surface area contributed by atoms with Gasteiger partial charge < -0.3 is 9.80 Å². The maximum absolute atomic E-state index is 12.4. The van der Waals surface area contributed by atoms with E-state index >= 15 is 0 Å². The van der Waals surface area contributed by atoms with E-state index in [-0.39, 0.29) is 31.1 Å². The summed E-state index contributed by atoms with van der Waals surface area (Å²) in [6.45, 7) is 1.03. The van der Waals surface area contributed by atoms with E-state index in [4.69, 9.17) is 4.84 Å². The highest BCUT2D eigenvalue weighted by atomic mass is 16.7. The molecule has 2 fully saturated rings. The molecule has 2 saturated heterocycles. The Morgan fingerprint density at radius 3 is 2.83 bits per heavy atom. The zero-order valence-corrected chi connectivity index (χ0v) is 12.6. The first-order valence-corrected chi connectivity index (χ1v) is 7.63. The second kappa shape index (κ2) is 5.64. The topological polar surface area (TPSA) is 61.9 Å². The zero-order chi connectivity index (χ0) is 15.8. The fourth-order valence-corrected chi connectivity index (χ4v) is 3.20. The van der Waals surface area contributed by atoms with Gasteiger partial charge in [-0.05, 0) is 16.3 Å². The Bertz CT molecular complexity index is 771. The van der Waals surface area contributed by atoms with Gasteiger partial charge in [-0.3, -0.25) is 14.4 Å². The van der Waals surface area contributed by atoms with E-state index in [0.717, 1.165) is 16.3 Å². The number of nitrogens with one attached hydrogen (secondary N) is 1. The lowest BCUT2D eigenvalue weighted by atomic mass is 10.0. The Morgan fingerprint density at radius 1 is 1.09 bits per heavy atom. The van der Waals surface area contributed by atoms with Gasteiger partial charge in [-0.15, -0.1) is 0 Å². The molecule has 2 aromatic rings. The van der Waals surface area contributed by atoms with Gasteiger partial charge in [0.1, 0.15) is 19.3 Å². The van der Waals surface area contributed by atoms with Crippen LogP contribution in [0.5, 0.6) is 0 Å². The SMILES string of the molecule is O=C1CN2C(=O)CONC2CN1Cc1cccc2ccccc12. The molecule has 6 heteroatoms. The molecule has 23 heavy (non-hydrogen) atoms. The fraction of sp³-hybridized carbons (Fsp3) is 0.294. The van der Waals surface area contributed by atoms with Gasteiger partial charge in [0.2, 0.25) is 5.91 Å². The molecular formula is C17H17N3O3. The van der Waals surface area contributed by atoms with Crippen molar-refractivity contribution in [2.45, 2.75) is 12.7 Å². The van der Waals surface area contributed by atoms with E-state index in [1.807, 2.05) is 24.3 Å². The fourth-order valence-electron chi connectivity index (χ4n) is 3.20. The van der Waals surface area contributed by atoms with Crippen molar-refractivity contribution in [2.75, 3.05) is 19.7 Å². The highest BCUT2D eigenvalue weighted by molar-refractivity contribution is 5.88. The van der Waals surface area contributed by atoms with Crippen LogP contribution in [0.4, 0.5) is 0 Å². The summed E-state index contributed by atoms with van der Waals surface area (Å²) in [5.74, 6) is -0.182. The van der Waals surface area contributed by atoms with Crippen LogP contribution in [-0.2, 0) is 21.0 Å². The van der Waals surface area contributed by atoms with Crippen molar-refractivity contribution in [1.82, 2.24) is 15.3 Å². The Morgan fingerprint density at radius 2 is 1.91 bits per heavy atom. The highest BCUT2D eigenvalue weighted by Gasteiger charge is 2.37. The van der Waals surface area contributed by atoms with Crippen LogP contribution in [0, 0.1) is 0 Å². The Hall–Kier alpha value is -2.44. The van der Waals surface area contributed by atoms with Gasteiger partial charge in [-0.2, -0.15) is 5.48 Å². The molecule has 2 heterocycles. The van der Waals surface area contributed by atoms with Crippen LogP contribution < -0.4 is 5.48 Å². The Labute approximate surface area is 133 Å². The molecule has 2 aliphatic heterocycles. The number of hydrogen-bond donors (Lipinski definition) is 1. The number of piperazine rings is 1. The van der Waals surface area contributed by atoms with Crippen molar-refractivity contribution in [1.29, 1.82) is 0 Å². The molecule has 6 nitrogen and oxygen atoms in total. The lowest BCUT2D eigenvalue weighted by Crippen LogP contribution is -2.66. The number of fused-ring (bicyclic) bond motifs is 2. The number of benzene rings is 2. The average Bonchev–Trinajstić information content (AvgIpc) is 2.57. The van der Waals surface area contributed by atoms with E-state index in [9.17, 15) is 9.59 Å². The summed E-state index contributed by atoms with van der Waals surface area (Å²) in [5.41, 5.74) is 3.94. The van der Waals surface area contributed by atoms with E-state index < -0.39 is 0 Å². The molecule has 0 aliphatic carbocycles. The second-order valence-electron chi connectivity index (χ2n) is 5.86. The molecule has 4 rings (SSSR count). The van der Waals surface area contributed by atoms with Crippen molar-refractivity contribution < 1.29 is 14.4 Å². The third-order valence-corrected chi connectivity index (χ3v) is 4.40. The quantitative estimate of drug-likeness (QED) is 0.894. The van der Waals surface area contributed by atoms with Crippen LogP contribution in [0.3, 0.4) is 0 Å². The monoisotopic (exact) mass is 311 g/mol. The standard InChI is InChI=1S/C17H17N3O3/c21-16-10-20-15(18-23-11-17(20)22)9-19(16)8-13-6-3-5-12-4-1-2-7-14(12)13/h1-7,15,18H,8-11H2. The van der Waals surface area contributed by atoms with Gasteiger partial charge in [0.05, 0.1) is 6.54 Å². The molecule has 0 saturated carbocycles. The first kappa shape index (κ1) is 14.2. The number of hydrogen-bond acceptors (Lipinski definition) is 4. The summed E-state index contributed by atoms with van der Waals surface area (Å²) in [4.78, 5) is 32.6. The van der Waals surface area contributed by atoms with Gasteiger partial charge in [0, 0.05) is 6.54 Å². The van der Waals surface area contributed by atoms with Crippen molar-refractivity contribution in [3.8, 4) is 0 Å². The van der Waals surface area contributed by atoms with E-state index in [2.05, 4.69) is 23.7 Å². The first-order valence-electron chi connectivity index (χ1n) is 7.63. The maximum atomic E-state index is 12.4. The molecule has 1 unspecified atom stereocenters. The number of rotatable bonds is 2. The summed E-state index contributed by atoms with van der Waals surface area (Å²) in [6.07, 6.45) is -0.274. The molecule has 0 bridgehead atoms. The average molecular weight is 311 g/mol. The highest BCUT2D eigenvalue weighted by Crippen LogP contribution is 2.22. The lowest BCUT2D eigenvalue weighted by molar-refractivity contribution is -0.175. The van der Waals surface area contributed by atoms with Crippen molar-refractivity contribution in [3.63, 3.8) is 0 Å². The minimum atomic E-state index is -0.274. The zero-order valence-electron chi connectivity index (χ0n) is 12.6. The summed E-state index contributed by atoms with van der Waals surface area (Å²) in [6, 6.07) is 14.2. The van der Waals surface area contributed by atoms with E-state index in [1.165, 1.54) is 0 Å². The van der Waals surface area contributed by atoms with Crippen molar-refractivity contribution >= 4 is 22.6 Å². The van der Waals surface area contributed by atoms with Crippen LogP contribution in [0.15, 0.2) is 42.5 Å². The van der Waals surface area contributed by atoms with E-state index in [1.54, 1.807) is 9.80 Å². The van der Waals surface area contributed by atoms with Gasteiger partial charge in [-0.25, -0.2) is 0 Å². The third kappa shape index (κ3) is 2.56. The summed E-state index contributed by atoms with van der Waals surface area (Å²) < 4.78 is 0. The molecule has 1 N–H and O–H groups in total. The summed E-state index contributed by atoms with van der Waals surface area (Å²) >= 11 is 0. The van der Waals surface area contributed by atoms with Gasteiger partial charge in [0.25, 0.3) is 5.91 Å². The molecule has 2 aliphatic rings. The predicted molar refractivity (Wildman–Crippen MR) is 84.0 cm³/mol. The molecule has 2 amide bonds. The van der Waals surface area contributed by atoms with Crippen molar-refractivity contribution in [3.05, 3.63) is 48.0 Å². The smallest absolute Gasteiger partial charge is 0.252 e. The third-order valence-electron chi connectivity index (χ3n) is 4.40. The van der Waals surface area contributed by atoms with Gasteiger partial charge in [0.15, 0.2) is 0 Å². The minimum Gasteiger partial charge on any atom is -0.333 e. The molecule has 118 valence electrons. The molecule has 2 aromatic carbocycles. The predicted octanol–water partition coefficient (Wildman–Crippen LogP) is 0.872. The molecular weight excluding hydrogens is 294 g/mol. The number of carbonyl (C=O) groups excluding carboxylic acids is 2.